The van der Waals surface area contributed by atoms with Crippen molar-refractivity contribution in [1.82, 2.24) is 20.9 Å². The lowest BCUT2D eigenvalue weighted by molar-refractivity contribution is -0.132. The van der Waals surface area contributed by atoms with Crippen LogP contribution in [0.3, 0.4) is 0 Å². The minimum atomic E-state index is -0.340. The van der Waals surface area contributed by atoms with Crippen LogP contribution in [0, 0.1) is 5.92 Å². The second-order valence-electron chi connectivity index (χ2n) is 9.84. The van der Waals surface area contributed by atoms with Gasteiger partial charge in [0.15, 0.2) is 5.11 Å². The molecule has 3 N–H and O–H groups in total. The van der Waals surface area contributed by atoms with Crippen LogP contribution in [0.25, 0.3) is 0 Å². The molecular formula is C28H40N4OS. The van der Waals surface area contributed by atoms with Crippen LogP contribution in [-0.2, 0) is 17.9 Å². The van der Waals surface area contributed by atoms with Gasteiger partial charge in [0.2, 0.25) is 5.91 Å². The summed E-state index contributed by atoms with van der Waals surface area (Å²) in [5, 5.41) is 11.2. The standard InChI is InChI=1S/C28H40N4OS/c1-21(2)18-26(27(33)32(3)20-23-14-8-5-9-15-23)31-28(34)30-25-17-11-10-16-24(25)29-19-22-12-6-4-7-13-22/h4-9,12-15,21,24-26,29H,10-11,16-20H2,1-3H3,(H2,30,31,34)/t24-,25-,26-/m0/s1. The number of hydrogen-bond donors (Lipinski definition) is 3. The third kappa shape index (κ3) is 8.41. The molecule has 0 unspecified atom stereocenters. The van der Waals surface area contributed by atoms with Gasteiger partial charge in [0.25, 0.3) is 0 Å². The van der Waals surface area contributed by atoms with Crippen LogP contribution in [0.15, 0.2) is 60.7 Å². The van der Waals surface area contributed by atoms with Gasteiger partial charge in [-0.1, -0.05) is 87.4 Å². The summed E-state index contributed by atoms with van der Waals surface area (Å²) in [6.45, 7) is 5.72. The lowest BCUT2D eigenvalue weighted by Gasteiger charge is -2.35. The number of benzene rings is 2. The van der Waals surface area contributed by atoms with E-state index in [0.717, 1.165) is 31.4 Å². The van der Waals surface area contributed by atoms with Crippen molar-refractivity contribution in [2.24, 2.45) is 5.92 Å². The number of nitrogens with one attached hydrogen (secondary N) is 3. The fraction of sp³-hybridized carbons (Fsp3) is 0.500. The second kappa shape index (κ2) is 13.4. The zero-order valence-corrected chi connectivity index (χ0v) is 21.6. The molecule has 2 aromatic rings. The summed E-state index contributed by atoms with van der Waals surface area (Å²) in [5.74, 6) is 0.452. The SMILES string of the molecule is CC(C)C[C@H](NC(=S)N[C@H]1CCCC[C@@H]1NCc1ccccc1)C(=O)N(C)Cc1ccccc1. The Kier molecular flexibility index (Phi) is 10.4. The van der Waals surface area contributed by atoms with Gasteiger partial charge < -0.3 is 20.9 Å². The van der Waals surface area contributed by atoms with E-state index in [1.807, 2.05) is 43.4 Å². The van der Waals surface area contributed by atoms with Gasteiger partial charge in [-0.2, -0.15) is 0 Å². The van der Waals surface area contributed by atoms with Crippen LogP contribution in [0.1, 0.15) is 57.1 Å². The molecule has 1 saturated carbocycles. The normalized spacial score (nSPS) is 18.8. The summed E-state index contributed by atoms with van der Waals surface area (Å²) >= 11 is 5.71. The number of nitrogens with zero attached hydrogens (tertiary/aromatic N) is 1. The second-order valence-corrected chi connectivity index (χ2v) is 10.3. The Morgan fingerprint density at radius 1 is 0.971 bits per heavy atom. The van der Waals surface area contributed by atoms with Crippen LogP contribution in [0.5, 0.6) is 0 Å². The molecular weight excluding hydrogens is 440 g/mol. The average Bonchev–Trinajstić information content (AvgIpc) is 2.83. The van der Waals surface area contributed by atoms with E-state index < -0.39 is 0 Å². The van der Waals surface area contributed by atoms with Crippen LogP contribution in [-0.4, -0.2) is 41.1 Å². The molecule has 1 amide bonds. The van der Waals surface area contributed by atoms with Gasteiger partial charge in [0.1, 0.15) is 6.04 Å². The first-order valence-corrected chi connectivity index (χ1v) is 13.0. The maximum Gasteiger partial charge on any atom is 0.245 e. The lowest BCUT2D eigenvalue weighted by Crippen LogP contribution is -2.57. The Morgan fingerprint density at radius 2 is 1.56 bits per heavy atom. The van der Waals surface area contributed by atoms with E-state index in [-0.39, 0.29) is 18.0 Å². The molecule has 3 atom stereocenters. The fourth-order valence-corrected chi connectivity index (χ4v) is 4.95. The quantitative estimate of drug-likeness (QED) is 0.433. The minimum Gasteiger partial charge on any atom is -0.358 e. The summed E-state index contributed by atoms with van der Waals surface area (Å²) in [6.07, 6.45) is 5.36. The highest BCUT2D eigenvalue weighted by molar-refractivity contribution is 7.80. The van der Waals surface area contributed by atoms with Gasteiger partial charge in [0, 0.05) is 32.2 Å². The Hall–Kier alpha value is -2.44. The van der Waals surface area contributed by atoms with E-state index in [0.29, 0.717) is 23.6 Å². The number of thiocarbonyl (C=S) groups is 1. The molecule has 0 aromatic heterocycles. The van der Waals surface area contributed by atoms with Crippen molar-refractivity contribution in [3.05, 3.63) is 71.8 Å². The Labute approximate surface area is 210 Å². The molecule has 0 saturated heterocycles. The summed E-state index contributed by atoms with van der Waals surface area (Å²) in [7, 11) is 1.87. The lowest BCUT2D eigenvalue weighted by atomic mass is 9.90. The first-order chi connectivity index (χ1) is 16.4. The van der Waals surface area contributed by atoms with Crippen LogP contribution < -0.4 is 16.0 Å². The molecule has 6 heteroatoms. The first kappa shape index (κ1) is 26.2. The van der Waals surface area contributed by atoms with Crippen molar-refractivity contribution in [3.63, 3.8) is 0 Å². The van der Waals surface area contributed by atoms with E-state index in [1.54, 1.807) is 4.90 Å². The van der Waals surface area contributed by atoms with Gasteiger partial charge >= 0.3 is 0 Å². The predicted octanol–water partition coefficient (Wildman–Crippen LogP) is 4.62. The number of carbonyl (C=O) groups excluding carboxylic acids is 1. The highest BCUT2D eigenvalue weighted by Gasteiger charge is 2.28. The van der Waals surface area contributed by atoms with Crippen LogP contribution in [0.4, 0.5) is 0 Å². The number of carbonyl (C=O) groups is 1. The Morgan fingerprint density at radius 3 is 2.18 bits per heavy atom. The molecule has 0 spiro atoms. The predicted molar refractivity (Wildman–Crippen MR) is 144 cm³/mol. The maximum absolute atomic E-state index is 13.3. The van der Waals surface area contributed by atoms with Crippen LogP contribution in [0.2, 0.25) is 0 Å². The molecule has 1 aliphatic carbocycles. The molecule has 0 aliphatic heterocycles. The zero-order chi connectivity index (χ0) is 24.3. The van der Waals surface area contributed by atoms with Crippen molar-refractivity contribution in [2.45, 2.75) is 77.2 Å². The maximum atomic E-state index is 13.3. The zero-order valence-electron chi connectivity index (χ0n) is 20.8. The smallest absolute Gasteiger partial charge is 0.245 e. The van der Waals surface area contributed by atoms with E-state index in [4.69, 9.17) is 12.2 Å². The molecule has 0 heterocycles. The Balaban J connectivity index is 1.57. The van der Waals surface area contributed by atoms with E-state index in [1.165, 1.54) is 18.4 Å². The van der Waals surface area contributed by atoms with E-state index in [2.05, 4.69) is 54.1 Å². The van der Waals surface area contributed by atoms with Crippen molar-refractivity contribution in [1.29, 1.82) is 0 Å². The van der Waals surface area contributed by atoms with Gasteiger partial charge in [-0.25, -0.2) is 0 Å². The first-order valence-electron chi connectivity index (χ1n) is 12.6. The van der Waals surface area contributed by atoms with Crippen molar-refractivity contribution >= 4 is 23.2 Å². The number of likely N-dealkylation sites (N-methyl/N-ethyl adjacent to an activating group) is 1. The summed E-state index contributed by atoms with van der Waals surface area (Å²) in [5.41, 5.74) is 2.41. The largest absolute Gasteiger partial charge is 0.358 e. The highest BCUT2D eigenvalue weighted by atomic mass is 32.1. The molecule has 5 nitrogen and oxygen atoms in total. The van der Waals surface area contributed by atoms with Crippen molar-refractivity contribution < 1.29 is 4.79 Å². The monoisotopic (exact) mass is 480 g/mol. The molecule has 1 fully saturated rings. The molecule has 34 heavy (non-hydrogen) atoms. The summed E-state index contributed by atoms with van der Waals surface area (Å²) < 4.78 is 0. The van der Waals surface area contributed by atoms with Gasteiger partial charge in [-0.05, 0) is 48.5 Å². The number of amides is 1. The molecule has 0 bridgehead atoms. The molecule has 3 rings (SSSR count). The Bertz CT molecular complexity index is 890. The van der Waals surface area contributed by atoms with E-state index in [9.17, 15) is 4.79 Å². The molecule has 2 aromatic carbocycles. The minimum absolute atomic E-state index is 0.0732. The van der Waals surface area contributed by atoms with Crippen molar-refractivity contribution in [2.75, 3.05) is 7.05 Å². The van der Waals surface area contributed by atoms with Gasteiger partial charge in [-0.3, -0.25) is 4.79 Å². The molecule has 1 aliphatic rings. The third-order valence-electron chi connectivity index (χ3n) is 6.44. The third-order valence-corrected chi connectivity index (χ3v) is 6.68. The molecule has 184 valence electrons. The van der Waals surface area contributed by atoms with Crippen LogP contribution >= 0.6 is 12.2 Å². The summed E-state index contributed by atoms with van der Waals surface area (Å²) in [6, 6.07) is 20.9. The topological polar surface area (TPSA) is 56.4 Å². The number of rotatable bonds is 10. The van der Waals surface area contributed by atoms with E-state index >= 15 is 0 Å². The fourth-order valence-electron chi connectivity index (χ4n) is 4.66. The van der Waals surface area contributed by atoms with Gasteiger partial charge in [-0.15, -0.1) is 0 Å². The van der Waals surface area contributed by atoms with Gasteiger partial charge in [0.05, 0.1) is 0 Å². The summed E-state index contributed by atoms with van der Waals surface area (Å²) in [4.78, 5) is 15.1. The number of hydrogen-bond acceptors (Lipinski definition) is 3. The molecule has 0 radical (unpaired) electrons. The highest BCUT2D eigenvalue weighted by Crippen LogP contribution is 2.19. The average molecular weight is 481 g/mol. The van der Waals surface area contributed by atoms with Crippen molar-refractivity contribution in [3.8, 4) is 0 Å².